The van der Waals surface area contributed by atoms with Gasteiger partial charge in [0.2, 0.25) is 0 Å². The van der Waals surface area contributed by atoms with Crippen LogP contribution in [-0.4, -0.2) is 40.3 Å². The molecule has 2 aromatic carbocycles. The molecule has 4 rings (SSSR count). The third-order valence-electron chi connectivity index (χ3n) is 4.87. The van der Waals surface area contributed by atoms with E-state index in [1.165, 1.54) is 25.3 Å². The third-order valence-corrected chi connectivity index (χ3v) is 4.87. The largest absolute Gasteiger partial charge is 0.478 e. The molecular formula is C23H15N5O6. The Morgan fingerprint density at radius 3 is 2.50 bits per heavy atom. The summed E-state index contributed by atoms with van der Waals surface area (Å²) >= 11 is 0. The van der Waals surface area contributed by atoms with Crippen LogP contribution in [0, 0.1) is 11.3 Å². The number of anilines is 2. The zero-order valence-electron chi connectivity index (χ0n) is 17.5. The van der Waals surface area contributed by atoms with Crippen LogP contribution in [0.5, 0.6) is 0 Å². The van der Waals surface area contributed by atoms with Gasteiger partial charge in [0, 0.05) is 24.0 Å². The molecule has 0 aliphatic rings. The number of ether oxygens (including phenoxy) is 1. The molecule has 168 valence electrons. The number of pyridine rings is 1. The lowest BCUT2D eigenvalue weighted by molar-refractivity contribution is 0.0698. The van der Waals surface area contributed by atoms with Gasteiger partial charge in [-0.3, -0.25) is 15.1 Å². The van der Waals surface area contributed by atoms with Crippen LogP contribution in [0.1, 0.15) is 26.4 Å². The summed E-state index contributed by atoms with van der Waals surface area (Å²) in [6.45, 7) is 0. The highest BCUT2D eigenvalue weighted by molar-refractivity contribution is 6.14. The summed E-state index contributed by atoms with van der Waals surface area (Å²) in [5, 5.41) is 27.7. The van der Waals surface area contributed by atoms with Crippen molar-refractivity contribution in [3.8, 4) is 17.2 Å². The number of hydrogen-bond donors (Lipinski definition) is 3. The number of methoxy groups -OCH3 is 1. The highest BCUT2D eigenvalue weighted by atomic mass is 16.5. The van der Waals surface area contributed by atoms with Crippen LogP contribution < -0.4 is 10.6 Å². The van der Waals surface area contributed by atoms with Crippen molar-refractivity contribution in [3.63, 3.8) is 0 Å². The molecule has 11 heteroatoms. The zero-order valence-corrected chi connectivity index (χ0v) is 17.5. The number of nitrogens with one attached hydrogen (secondary N) is 2. The summed E-state index contributed by atoms with van der Waals surface area (Å²) < 4.78 is 9.97. The van der Waals surface area contributed by atoms with E-state index in [0.717, 1.165) is 6.07 Å². The lowest BCUT2D eigenvalue weighted by Crippen LogP contribution is -2.15. The average Bonchev–Trinajstić information content (AvgIpc) is 3.27. The van der Waals surface area contributed by atoms with Crippen molar-refractivity contribution in [1.29, 1.82) is 5.26 Å². The molecule has 0 spiro atoms. The topological polar surface area (TPSA) is 167 Å². The van der Waals surface area contributed by atoms with Crippen molar-refractivity contribution < 1.29 is 28.8 Å². The number of aromatic carboxylic acids is 1. The Labute approximate surface area is 191 Å². The van der Waals surface area contributed by atoms with E-state index in [1.54, 1.807) is 30.6 Å². The molecule has 0 aliphatic carbocycles. The van der Waals surface area contributed by atoms with Crippen LogP contribution in [0.2, 0.25) is 0 Å². The predicted molar refractivity (Wildman–Crippen MR) is 119 cm³/mol. The number of hydrogen-bond acceptors (Lipinski definition) is 8. The number of rotatable bonds is 5. The summed E-state index contributed by atoms with van der Waals surface area (Å²) in [4.78, 5) is 40.4. The van der Waals surface area contributed by atoms with Crippen molar-refractivity contribution in [3.05, 3.63) is 71.7 Å². The summed E-state index contributed by atoms with van der Waals surface area (Å²) in [6, 6.07) is 12.3. The highest BCUT2D eigenvalue weighted by Crippen LogP contribution is 2.34. The van der Waals surface area contributed by atoms with E-state index in [-0.39, 0.29) is 28.1 Å². The van der Waals surface area contributed by atoms with Gasteiger partial charge in [-0.25, -0.2) is 9.59 Å². The maximum atomic E-state index is 13.0. The fraction of sp³-hybridized carbons (Fsp3) is 0.0435. The first-order chi connectivity index (χ1) is 16.4. The minimum Gasteiger partial charge on any atom is -0.478 e. The SMILES string of the molecule is COC(=O)Nc1cc2onc(C(=O)Nc3ccc(C#N)cc3C(=O)O)c2cc1-c1ccncc1. The van der Waals surface area contributed by atoms with Crippen LogP contribution >= 0.6 is 0 Å². The smallest absolute Gasteiger partial charge is 0.411 e. The normalized spacial score (nSPS) is 10.4. The maximum absolute atomic E-state index is 13.0. The molecule has 4 aromatic rings. The van der Waals surface area contributed by atoms with E-state index < -0.39 is 18.0 Å². The van der Waals surface area contributed by atoms with E-state index in [9.17, 15) is 19.5 Å². The van der Waals surface area contributed by atoms with Gasteiger partial charge in [0.15, 0.2) is 11.3 Å². The summed E-state index contributed by atoms with van der Waals surface area (Å²) in [5.74, 6) is -2.03. The van der Waals surface area contributed by atoms with Crippen molar-refractivity contribution in [2.75, 3.05) is 17.7 Å². The molecular weight excluding hydrogens is 442 g/mol. The minimum atomic E-state index is -1.31. The number of carbonyl (C=O) groups excluding carboxylic acids is 2. The molecule has 0 bridgehead atoms. The molecule has 0 saturated carbocycles. The molecule has 0 unspecified atom stereocenters. The van der Waals surface area contributed by atoms with Crippen molar-refractivity contribution in [1.82, 2.24) is 10.1 Å². The number of carbonyl (C=O) groups is 3. The predicted octanol–water partition coefficient (Wildman–Crippen LogP) is 3.89. The van der Waals surface area contributed by atoms with Crippen LogP contribution in [-0.2, 0) is 4.74 Å². The first kappa shape index (κ1) is 22.0. The van der Waals surface area contributed by atoms with Gasteiger partial charge >= 0.3 is 12.1 Å². The van der Waals surface area contributed by atoms with E-state index in [1.807, 2.05) is 6.07 Å². The monoisotopic (exact) mass is 457 g/mol. The molecule has 11 nitrogen and oxygen atoms in total. The average molecular weight is 457 g/mol. The lowest BCUT2D eigenvalue weighted by Gasteiger charge is -2.11. The number of amides is 2. The fourth-order valence-corrected chi connectivity index (χ4v) is 3.26. The maximum Gasteiger partial charge on any atom is 0.411 e. The standard InChI is InChI=1S/C23H15N5O6/c1-33-23(32)27-18-10-19-16(9-14(18)13-4-6-25-7-5-13)20(28-34-19)21(29)26-17-3-2-12(11-24)8-15(17)22(30)31/h2-10H,1H3,(H,26,29)(H,27,32)(H,30,31). The van der Waals surface area contributed by atoms with E-state index in [4.69, 9.17) is 9.78 Å². The van der Waals surface area contributed by atoms with Crippen LogP contribution in [0.3, 0.4) is 0 Å². The minimum absolute atomic E-state index is 0.00835. The van der Waals surface area contributed by atoms with E-state index >= 15 is 0 Å². The Balaban J connectivity index is 1.77. The highest BCUT2D eigenvalue weighted by Gasteiger charge is 2.22. The lowest BCUT2D eigenvalue weighted by atomic mass is 10.0. The summed E-state index contributed by atoms with van der Waals surface area (Å²) in [5.41, 5.74) is 1.57. The zero-order chi connectivity index (χ0) is 24.2. The second-order valence-electron chi connectivity index (χ2n) is 6.91. The molecule has 2 amide bonds. The molecule has 0 saturated heterocycles. The number of carboxylic acid groups (broad SMARTS) is 1. The Kier molecular flexibility index (Phi) is 5.88. The van der Waals surface area contributed by atoms with Crippen LogP contribution in [0.15, 0.2) is 59.4 Å². The molecule has 34 heavy (non-hydrogen) atoms. The summed E-state index contributed by atoms with van der Waals surface area (Å²) in [6.07, 6.45) is 2.44. The van der Waals surface area contributed by atoms with E-state index in [0.29, 0.717) is 22.2 Å². The molecule has 0 radical (unpaired) electrons. The van der Waals surface area contributed by atoms with Gasteiger partial charge in [-0.1, -0.05) is 5.16 Å². The molecule has 2 heterocycles. The quantitative estimate of drug-likeness (QED) is 0.402. The number of nitriles is 1. The van der Waals surface area contributed by atoms with E-state index in [2.05, 4.69) is 25.5 Å². The third kappa shape index (κ3) is 4.23. The van der Waals surface area contributed by atoms with Gasteiger partial charge < -0.3 is 19.7 Å². The van der Waals surface area contributed by atoms with Crippen LogP contribution in [0.4, 0.5) is 16.2 Å². The second kappa shape index (κ2) is 9.09. The van der Waals surface area contributed by atoms with Gasteiger partial charge in [0.05, 0.1) is 41.1 Å². The number of nitrogens with zero attached hydrogens (tertiary/aromatic N) is 3. The van der Waals surface area contributed by atoms with Gasteiger partial charge in [-0.15, -0.1) is 0 Å². The Bertz CT molecular complexity index is 1470. The first-order valence-electron chi connectivity index (χ1n) is 9.69. The number of benzene rings is 2. The molecule has 0 atom stereocenters. The number of fused-ring (bicyclic) bond motifs is 1. The van der Waals surface area contributed by atoms with Gasteiger partial charge in [0.25, 0.3) is 5.91 Å². The van der Waals surface area contributed by atoms with Gasteiger partial charge in [-0.05, 0) is 42.0 Å². The first-order valence-corrected chi connectivity index (χ1v) is 9.69. The molecule has 0 fully saturated rings. The van der Waals surface area contributed by atoms with Gasteiger partial charge in [-0.2, -0.15) is 5.26 Å². The second-order valence-corrected chi connectivity index (χ2v) is 6.91. The van der Waals surface area contributed by atoms with Crippen molar-refractivity contribution in [2.24, 2.45) is 0 Å². The molecule has 2 aromatic heterocycles. The fourth-order valence-electron chi connectivity index (χ4n) is 3.26. The summed E-state index contributed by atoms with van der Waals surface area (Å²) in [7, 11) is 1.23. The Hall–Kier alpha value is -5.24. The van der Waals surface area contributed by atoms with Crippen molar-refractivity contribution in [2.45, 2.75) is 0 Å². The Morgan fingerprint density at radius 1 is 1.06 bits per heavy atom. The Morgan fingerprint density at radius 2 is 1.82 bits per heavy atom. The van der Waals surface area contributed by atoms with Crippen LogP contribution in [0.25, 0.3) is 22.1 Å². The van der Waals surface area contributed by atoms with Gasteiger partial charge in [0.1, 0.15) is 0 Å². The molecule has 0 aliphatic heterocycles. The number of aromatic nitrogens is 2. The van der Waals surface area contributed by atoms with Crippen molar-refractivity contribution >= 4 is 40.3 Å². The molecule has 3 N–H and O–H groups in total. The number of carboxylic acids is 1.